The maximum Gasteiger partial charge on any atom is 0.271 e. The normalized spacial score (nSPS) is 12.2. The molecule has 0 saturated heterocycles. The lowest BCUT2D eigenvalue weighted by Gasteiger charge is -2.17. The van der Waals surface area contributed by atoms with E-state index in [1.165, 1.54) is 16.8 Å². The number of nitro benzene ring substituents is 1. The number of amides is 1. The number of benzene rings is 1. The van der Waals surface area contributed by atoms with E-state index in [4.69, 9.17) is 4.42 Å². The minimum Gasteiger partial charge on any atom is -0.460 e. The SMILES string of the molecule is Cc1ccc(-c2cc(C(=O)N[C@@H](C)C(C)C)n(-c3cccc([N+](=O)[O-])c3)n2)o1. The highest BCUT2D eigenvalue weighted by Crippen LogP contribution is 2.25. The molecule has 1 aromatic carbocycles. The molecule has 0 aliphatic rings. The molecule has 3 aromatic rings. The Balaban J connectivity index is 2.08. The molecular formula is C20H22N4O4. The number of hydrogen-bond acceptors (Lipinski definition) is 5. The van der Waals surface area contributed by atoms with Gasteiger partial charge in [-0.05, 0) is 38.0 Å². The summed E-state index contributed by atoms with van der Waals surface area (Å²) in [5.74, 6) is 1.19. The van der Waals surface area contributed by atoms with Crippen molar-refractivity contribution in [1.29, 1.82) is 0 Å². The van der Waals surface area contributed by atoms with E-state index < -0.39 is 4.92 Å². The Hall–Kier alpha value is -3.42. The van der Waals surface area contributed by atoms with Crippen molar-refractivity contribution in [1.82, 2.24) is 15.1 Å². The van der Waals surface area contributed by atoms with Crippen LogP contribution in [-0.4, -0.2) is 26.7 Å². The van der Waals surface area contributed by atoms with E-state index >= 15 is 0 Å². The van der Waals surface area contributed by atoms with Crippen LogP contribution in [0.25, 0.3) is 17.1 Å². The van der Waals surface area contributed by atoms with Crippen LogP contribution in [0.2, 0.25) is 0 Å². The molecule has 1 N–H and O–H groups in total. The fraction of sp³-hybridized carbons (Fsp3) is 0.300. The van der Waals surface area contributed by atoms with Crippen molar-refractivity contribution in [3.63, 3.8) is 0 Å². The van der Waals surface area contributed by atoms with Crippen molar-refractivity contribution in [2.24, 2.45) is 5.92 Å². The molecule has 3 rings (SSSR count). The second-order valence-corrected chi connectivity index (χ2v) is 7.02. The van der Waals surface area contributed by atoms with Gasteiger partial charge in [0.25, 0.3) is 11.6 Å². The molecule has 0 unspecified atom stereocenters. The zero-order chi connectivity index (χ0) is 20.4. The Morgan fingerprint density at radius 3 is 2.57 bits per heavy atom. The summed E-state index contributed by atoms with van der Waals surface area (Å²) in [6.07, 6.45) is 0. The van der Waals surface area contributed by atoms with Gasteiger partial charge in [0.1, 0.15) is 17.1 Å². The summed E-state index contributed by atoms with van der Waals surface area (Å²) < 4.78 is 7.02. The lowest BCUT2D eigenvalue weighted by atomic mass is 10.1. The molecule has 8 nitrogen and oxygen atoms in total. The number of rotatable bonds is 6. The third kappa shape index (κ3) is 3.95. The molecule has 0 saturated carbocycles. The predicted molar refractivity (Wildman–Crippen MR) is 104 cm³/mol. The van der Waals surface area contributed by atoms with Crippen molar-refractivity contribution in [2.75, 3.05) is 0 Å². The first-order valence-electron chi connectivity index (χ1n) is 8.99. The molecule has 8 heteroatoms. The van der Waals surface area contributed by atoms with E-state index in [9.17, 15) is 14.9 Å². The Morgan fingerprint density at radius 1 is 1.21 bits per heavy atom. The number of nitrogens with one attached hydrogen (secondary N) is 1. The fourth-order valence-corrected chi connectivity index (χ4v) is 2.62. The molecule has 0 bridgehead atoms. The minimum absolute atomic E-state index is 0.0460. The Kier molecular flexibility index (Phi) is 5.30. The van der Waals surface area contributed by atoms with Crippen molar-refractivity contribution < 1.29 is 14.1 Å². The standard InChI is InChI=1S/C20H22N4O4/c1-12(2)14(4)21-20(25)18-11-17(19-9-8-13(3)28-19)22-23(18)15-6-5-7-16(10-15)24(26)27/h5-12,14H,1-4H3,(H,21,25)/t14-/m0/s1. The van der Waals surface area contributed by atoms with Crippen LogP contribution in [0, 0.1) is 23.0 Å². The predicted octanol–water partition coefficient (Wildman–Crippen LogP) is 4.12. The summed E-state index contributed by atoms with van der Waals surface area (Å²) in [5.41, 5.74) is 1.09. The average Bonchev–Trinajstić information content (AvgIpc) is 3.28. The second-order valence-electron chi connectivity index (χ2n) is 7.02. The number of furan rings is 1. The number of nitro groups is 1. The van der Waals surface area contributed by atoms with Crippen molar-refractivity contribution >= 4 is 11.6 Å². The third-order valence-electron chi connectivity index (χ3n) is 4.58. The average molecular weight is 382 g/mol. The van der Waals surface area contributed by atoms with Gasteiger partial charge in [0.2, 0.25) is 0 Å². The van der Waals surface area contributed by atoms with E-state index in [0.717, 1.165) is 5.76 Å². The summed E-state index contributed by atoms with van der Waals surface area (Å²) in [6, 6.07) is 11.2. The van der Waals surface area contributed by atoms with Crippen molar-refractivity contribution in [2.45, 2.75) is 33.7 Å². The third-order valence-corrected chi connectivity index (χ3v) is 4.58. The van der Waals surface area contributed by atoms with E-state index in [1.807, 2.05) is 33.8 Å². The zero-order valence-corrected chi connectivity index (χ0v) is 16.2. The first-order valence-corrected chi connectivity index (χ1v) is 8.99. The van der Waals surface area contributed by atoms with Gasteiger partial charge in [0.15, 0.2) is 5.76 Å². The van der Waals surface area contributed by atoms with Crippen LogP contribution >= 0.6 is 0 Å². The Morgan fingerprint density at radius 2 is 1.96 bits per heavy atom. The molecule has 28 heavy (non-hydrogen) atoms. The first-order chi connectivity index (χ1) is 13.3. The Bertz CT molecular complexity index is 1020. The number of aromatic nitrogens is 2. The van der Waals surface area contributed by atoms with Crippen LogP contribution in [0.1, 0.15) is 37.0 Å². The largest absolute Gasteiger partial charge is 0.460 e. The smallest absolute Gasteiger partial charge is 0.271 e. The highest BCUT2D eigenvalue weighted by molar-refractivity contribution is 5.94. The number of carbonyl (C=O) groups excluding carboxylic acids is 1. The van der Waals surface area contributed by atoms with Gasteiger partial charge in [-0.2, -0.15) is 5.10 Å². The molecule has 146 valence electrons. The first kappa shape index (κ1) is 19.3. The summed E-state index contributed by atoms with van der Waals surface area (Å²) in [5, 5.41) is 18.6. The second kappa shape index (κ2) is 7.67. The number of non-ortho nitro benzene ring substituents is 1. The zero-order valence-electron chi connectivity index (χ0n) is 16.2. The number of aryl methyl sites for hydroxylation is 1. The van der Waals surface area contributed by atoms with Crippen LogP contribution < -0.4 is 5.32 Å². The van der Waals surface area contributed by atoms with Crippen LogP contribution in [0.5, 0.6) is 0 Å². The molecule has 0 spiro atoms. The van der Waals surface area contributed by atoms with Gasteiger partial charge in [0, 0.05) is 24.2 Å². The van der Waals surface area contributed by atoms with Crippen LogP contribution in [0.3, 0.4) is 0 Å². The van der Waals surface area contributed by atoms with E-state index in [1.54, 1.807) is 24.3 Å². The molecule has 2 aromatic heterocycles. The van der Waals surface area contributed by atoms with Gasteiger partial charge in [-0.3, -0.25) is 14.9 Å². The van der Waals surface area contributed by atoms with E-state index in [2.05, 4.69) is 10.4 Å². The molecule has 2 heterocycles. The number of carbonyl (C=O) groups is 1. The van der Waals surface area contributed by atoms with Crippen molar-refractivity contribution in [3.05, 3.63) is 64.0 Å². The van der Waals surface area contributed by atoms with Crippen LogP contribution in [0.15, 0.2) is 46.9 Å². The molecule has 1 amide bonds. The van der Waals surface area contributed by atoms with Gasteiger partial charge >= 0.3 is 0 Å². The van der Waals surface area contributed by atoms with Crippen molar-refractivity contribution in [3.8, 4) is 17.1 Å². The molecule has 0 radical (unpaired) electrons. The fourth-order valence-electron chi connectivity index (χ4n) is 2.62. The summed E-state index contributed by atoms with van der Waals surface area (Å²) in [7, 11) is 0. The highest BCUT2D eigenvalue weighted by Gasteiger charge is 2.22. The monoisotopic (exact) mass is 382 g/mol. The number of hydrogen-bond donors (Lipinski definition) is 1. The van der Waals surface area contributed by atoms with Gasteiger partial charge < -0.3 is 9.73 Å². The number of nitrogens with zero attached hydrogens (tertiary/aromatic N) is 3. The minimum atomic E-state index is -0.482. The van der Waals surface area contributed by atoms with Crippen LogP contribution in [0.4, 0.5) is 5.69 Å². The van der Waals surface area contributed by atoms with Gasteiger partial charge in [-0.25, -0.2) is 4.68 Å². The van der Waals surface area contributed by atoms with Gasteiger partial charge in [0.05, 0.1) is 10.6 Å². The molecule has 0 fully saturated rings. The topological polar surface area (TPSA) is 103 Å². The lowest BCUT2D eigenvalue weighted by molar-refractivity contribution is -0.384. The quantitative estimate of drug-likeness (QED) is 0.510. The van der Waals surface area contributed by atoms with Gasteiger partial charge in [-0.15, -0.1) is 0 Å². The molecule has 0 aliphatic carbocycles. The summed E-state index contributed by atoms with van der Waals surface area (Å²) in [4.78, 5) is 23.5. The lowest BCUT2D eigenvalue weighted by Crippen LogP contribution is -2.37. The maximum atomic E-state index is 12.9. The van der Waals surface area contributed by atoms with E-state index in [-0.39, 0.29) is 29.2 Å². The molecule has 1 atom stereocenters. The molecular weight excluding hydrogens is 360 g/mol. The Labute approximate surface area is 162 Å². The summed E-state index contributed by atoms with van der Waals surface area (Å²) in [6.45, 7) is 7.77. The molecule has 0 aliphatic heterocycles. The highest BCUT2D eigenvalue weighted by atomic mass is 16.6. The van der Waals surface area contributed by atoms with Gasteiger partial charge in [-0.1, -0.05) is 19.9 Å². The maximum absolute atomic E-state index is 12.9. The van der Waals surface area contributed by atoms with Crippen LogP contribution in [-0.2, 0) is 0 Å². The summed E-state index contributed by atoms with van der Waals surface area (Å²) >= 11 is 0. The van der Waals surface area contributed by atoms with E-state index in [0.29, 0.717) is 17.1 Å².